The zero-order chi connectivity index (χ0) is 14.7. The van der Waals surface area contributed by atoms with Crippen molar-refractivity contribution in [2.24, 2.45) is 11.7 Å². The zero-order valence-electron chi connectivity index (χ0n) is 10.6. The predicted octanol–water partition coefficient (Wildman–Crippen LogP) is 0.904. The van der Waals surface area contributed by atoms with Gasteiger partial charge in [-0.3, -0.25) is 14.4 Å². The molecule has 0 aliphatic carbocycles. The summed E-state index contributed by atoms with van der Waals surface area (Å²) in [5.41, 5.74) is 5.79. The number of nitrogens with two attached hydrogens (primary N) is 1. The number of nitrogens with one attached hydrogen (secondary N) is 2. The van der Waals surface area contributed by atoms with Gasteiger partial charge >= 0.3 is 0 Å². The first-order chi connectivity index (χ1) is 9.47. The van der Waals surface area contributed by atoms with E-state index in [4.69, 9.17) is 17.3 Å². The average Bonchev–Trinajstić information content (AvgIpc) is 2.41. The Bertz CT molecular complexity index is 564. The number of hydrogen-bond donors (Lipinski definition) is 3. The fraction of sp³-hybridized carbons (Fsp3) is 0.308. The van der Waals surface area contributed by atoms with Gasteiger partial charge in [-0.05, 0) is 24.6 Å². The highest BCUT2D eigenvalue weighted by atomic mass is 35.5. The smallest absolute Gasteiger partial charge is 0.250 e. The lowest BCUT2D eigenvalue weighted by Crippen LogP contribution is -2.40. The summed E-state index contributed by atoms with van der Waals surface area (Å²) in [6.45, 7) is 0.320. The number of benzene rings is 1. The molecule has 1 aliphatic rings. The van der Waals surface area contributed by atoms with Crippen LogP contribution in [0.4, 0.5) is 5.69 Å². The predicted molar refractivity (Wildman–Crippen MR) is 74.3 cm³/mol. The van der Waals surface area contributed by atoms with E-state index >= 15 is 0 Å². The summed E-state index contributed by atoms with van der Waals surface area (Å²) in [6.07, 6.45) is 0.846. The lowest BCUT2D eigenvalue weighted by molar-refractivity contribution is -0.126. The van der Waals surface area contributed by atoms with Crippen LogP contribution in [0.3, 0.4) is 0 Å². The molecule has 0 aromatic heterocycles. The van der Waals surface area contributed by atoms with Crippen molar-refractivity contribution in [3.05, 3.63) is 28.8 Å². The van der Waals surface area contributed by atoms with Crippen LogP contribution in [0.5, 0.6) is 0 Å². The molecule has 0 bridgehead atoms. The van der Waals surface area contributed by atoms with Crippen LogP contribution < -0.4 is 16.4 Å². The number of piperidine rings is 1. The molecule has 1 fully saturated rings. The van der Waals surface area contributed by atoms with Crippen LogP contribution in [0.25, 0.3) is 0 Å². The van der Waals surface area contributed by atoms with Gasteiger partial charge < -0.3 is 16.4 Å². The molecule has 6 nitrogen and oxygen atoms in total. The number of hydrogen-bond acceptors (Lipinski definition) is 3. The number of halogens is 1. The zero-order valence-corrected chi connectivity index (χ0v) is 11.4. The SMILES string of the molecule is NC(=O)c1cc(NC(=O)C2CCC(=O)NC2)ccc1Cl. The second kappa shape index (κ2) is 5.92. The molecule has 1 saturated heterocycles. The molecule has 0 spiro atoms. The van der Waals surface area contributed by atoms with Gasteiger partial charge in [-0.15, -0.1) is 0 Å². The molecule has 0 radical (unpaired) electrons. The van der Waals surface area contributed by atoms with Gasteiger partial charge in [0.25, 0.3) is 0 Å². The van der Waals surface area contributed by atoms with Gasteiger partial charge in [0.1, 0.15) is 0 Å². The van der Waals surface area contributed by atoms with Gasteiger partial charge in [0.15, 0.2) is 0 Å². The van der Waals surface area contributed by atoms with Crippen molar-refractivity contribution in [2.75, 3.05) is 11.9 Å². The quantitative estimate of drug-likeness (QED) is 0.772. The molecule has 1 aromatic carbocycles. The molecule has 1 atom stereocenters. The summed E-state index contributed by atoms with van der Waals surface area (Å²) < 4.78 is 0. The topological polar surface area (TPSA) is 101 Å². The van der Waals surface area contributed by atoms with Crippen LogP contribution in [0.2, 0.25) is 5.02 Å². The molecule has 3 amide bonds. The molecule has 106 valence electrons. The highest BCUT2D eigenvalue weighted by Crippen LogP contribution is 2.21. The third-order valence-corrected chi connectivity index (χ3v) is 3.47. The van der Waals surface area contributed by atoms with E-state index in [0.717, 1.165) is 0 Å². The summed E-state index contributed by atoms with van der Waals surface area (Å²) in [5, 5.41) is 5.57. The monoisotopic (exact) mass is 295 g/mol. The maximum Gasteiger partial charge on any atom is 0.250 e. The molecule has 0 saturated carbocycles. The van der Waals surface area contributed by atoms with Gasteiger partial charge in [0.05, 0.1) is 16.5 Å². The fourth-order valence-electron chi connectivity index (χ4n) is 1.99. The van der Waals surface area contributed by atoms with Gasteiger partial charge in [-0.1, -0.05) is 11.6 Å². The molecule has 1 heterocycles. The standard InChI is InChI=1S/C13H14ClN3O3/c14-10-3-2-8(5-9(10)12(15)19)17-13(20)7-1-4-11(18)16-6-7/h2-3,5,7H,1,4,6H2,(H2,15,19)(H,16,18)(H,17,20). The van der Waals surface area contributed by atoms with E-state index in [-0.39, 0.29) is 28.3 Å². The number of carbonyl (C=O) groups is 3. The number of primary amides is 1. The first kappa shape index (κ1) is 14.3. The molecule has 2 rings (SSSR count). The summed E-state index contributed by atoms with van der Waals surface area (Å²) in [6, 6.07) is 4.53. The number of amides is 3. The first-order valence-electron chi connectivity index (χ1n) is 6.14. The van der Waals surface area contributed by atoms with Crippen LogP contribution in [-0.4, -0.2) is 24.3 Å². The van der Waals surface area contributed by atoms with Gasteiger partial charge in [-0.25, -0.2) is 0 Å². The first-order valence-corrected chi connectivity index (χ1v) is 6.52. The molecule has 4 N–H and O–H groups in total. The molecular weight excluding hydrogens is 282 g/mol. The van der Waals surface area contributed by atoms with Crippen molar-refractivity contribution in [1.29, 1.82) is 0 Å². The van der Waals surface area contributed by atoms with Gasteiger partial charge in [-0.2, -0.15) is 0 Å². The van der Waals surface area contributed by atoms with E-state index in [9.17, 15) is 14.4 Å². The Hall–Kier alpha value is -2.08. The van der Waals surface area contributed by atoms with Crippen molar-refractivity contribution in [1.82, 2.24) is 5.32 Å². The van der Waals surface area contributed by atoms with Gasteiger partial charge in [0.2, 0.25) is 17.7 Å². The second-order valence-corrected chi connectivity index (χ2v) is 5.00. The van der Waals surface area contributed by atoms with E-state index < -0.39 is 5.91 Å². The van der Waals surface area contributed by atoms with E-state index in [2.05, 4.69) is 10.6 Å². The Morgan fingerprint density at radius 1 is 1.40 bits per heavy atom. The molecule has 1 aliphatic heterocycles. The van der Waals surface area contributed by atoms with E-state index in [0.29, 0.717) is 25.1 Å². The minimum atomic E-state index is -0.656. The normalized spacial score (nSPS) is 18.2. The third-order valence-electron chi connectivity index (χ3n) is 3.14. The Morgan fingerprint density at radius 2 is 2.15 bits per heavy atom. The van der Waals surface area contributed by atoms with Crippen molar-refractivity contribution >= 4 is 35.0 Å². The molecule has 20 heavy (non-hydrogen) atoms. The molecular formula is C13H14ClN3O3. The summed E-state index contributed by atoms with van der Waals surface area (Å²) in [4.78, 5) is 34.2. The second-order valence-electron chi connectivity index (χ2n) is 4.59. The maximum atomic E-state index is 12.0. The Kier molecular flexibility index (Phi) is 4.24. The largest absolute Gasteiger partial charge is 0.366 e. The Morgan fingerprint density at radius 3 is 2.75 bits per heavy atom. The van der Waals surface area contributed by atoms with E-state index in [1.54, 1.807) is 6.07 Å². The number of carbonyl (C=O) groups excluding carboxylic acids is 3. The van der Waals surface area contributed by atoms with Crippen LogP contribution in [0, 0.1) is 5.92 Å². The average molecular weight is 296 g/mol. The maximum absolute atomic E-state index is 12.0. The summed E-state index contributed by atoms with van der Waals surface area (Å²) in [7, 11) is 0. The summed E-state index contributed by atoms with van der Waals surface area (Å²) >= 11 is 5.83. The van der Waals surface area contributed by atoms with Crippen molar-refractivity contribution < 1.29 is 14.4 Å². The number of rotatable bonds is 3. The number of anilines is 1. The highest BCUT2D eigenvalue weighted by molar-refractivity contribution is 6.34. The lowest BCUT2D eigenvalue weighted by atomic mass is 9.98. The fourth-order valence-corrected chi connectivity index (χ4v) is 2.20. The lowest BCUT2D eigenvalue weighted by Gasteiger charge is -2.21. The highest BCUT2D eigenvalue weighted by Gasteiger charge is 2.24. The van der Waals surface area contributed by atoms with Crippen molar-refractivity contribution in [3.63, 3.8) is 0 Å². The molecule has 1 aromatic rings. The Labute approximate surface area is 120 Å². The van der Waals surface area contributed by atoms with E-state index in [1.807, 2.05) is 0 Å². The molecule has 1 unspecified atom stereocenters. The minimum Gasteiger partial charge on any atom is -0.366 e. The van der Waals surface area contributed by atoms with Crippen LogP contribution in [0.15, 0.2) is 18.2 Å². The summed E-state index contributed by atoms with van der Waals surface area (Å²) in [5.74, 6) is -1.18. The third kappa shape index (κ3) is 3.27. The van der Waals surface area contributed by atoms with Crippen LogP contribution >= 0.6 is 11.6 Å². The van der Waals surface area contributed by atoms with Crippen LogP contribution in [-0.2, 0) is 9.59 Å². The van der Waals surface area contributed by atoms with Crippen LogP contribution in [0.1, 0.15) is 23.2 Å². The van der Waals surface area contributed by atoms with Gasteiger partial charge in [0, 0.05) is 18.7 Å². The van der Waals surface area contributed by atoms with E-state index in [1.165, 1.54) is 12.1 Å². The Balaban J connectivity index is 2.06. The van der Waals surface area contributed by atoms with Crippen molar-refractivity contribution in [3.8, 4) is 0 Å². The van der Waals surface area contributed by atoms with Crippen molar-refractivity contribution in [2.45, 2.75) is 12.8 Å². The molecule has 7 heteroatoms. The minimum absolute atomic E-state index is 0.0449.